The number of rotatable bonds is 5. The van der Waals surface area contributed by atoms with Gasteiger partial charge in [0.15, 0.2) is 0 Å². The fourth-order valence-electron chi connectivity index (χ4n) is 1.71. The number of nitrogens with two attached hydrogens (primary N) is 1. The lowest BCUT2D eigenvalue weighted by atomic mass is 10.1. The van der Waals surface area contributed by atoms with Crippen LogP contribution in [0.25, 0.3) is 0 Å². The molecule has 2 N–H and O–H groups in total. The van der Waals surface area contributed by atoms with Crippen LogP contribution < -0.4 is 10.6 Å². The molecule has 16 heavy (non-hydrogen) atoms. The van der Waals surface area contributed by atoms with Crippen LogP contribution in [0, 0.1) is 0 Å². The van der Waals surface area contributed by atoms with Crippen molar-refractivity contribution in [1.29, 1.82) is 0 Å². The summed E-state index contributed by atoms with van der Waals surface area (Å²) in [5.74, 6) is 0.00977. The first-order valence-electron chi connectivity index (χ1n) is 5.82. The molecule has 0 unspecified atom stereocenters. The van der Waals surface area contributed by atoms with Gasteiger partial charge in [0, 0.05) is 12.2 Å². The molecule has 88 valence electrons. The molecule has 1 atom stereocenters. The van der Waals surface area contributed by atoms with Crippen molar-refractivity contribution in [2.75, 3.05) is 11.4 Å². The highest BCUT2D eigenvalue weighted by molar-refractivity contribution is 5.96. The number of hydrogen-bond donors (Lipinski definition) is 1. The molecule has 1 aromatic rings. The van der Waals surface area contributed by atoms with Crippen LogP contribution in [0.3, 0.4) is 0 Å². The van der Waals surface area contributed by atoms with E-state index >= 15 is 0 Å². The van der Waals surface area contributed by atoms with Crippen LogP contribution in [-0.4, -0.2) is 18.5 Å². The van der Waals surface area contributed by atoms with Gasteiger partial charge in [-0.05, 0) is 25.5 Å². The Hall–Kier alpha value is -1.35. The van der Waals surface area contributed by atoms with Crippen LogP contribution in [0.1, 0.15) is 26.7 Å². The Bertz CT molecular complexity index is 324. The number of para-hydroxylation sites is 1. The standard InChI is InChI=1S/C13H20N2O/c1-3-8-12(14)13(16)15(4-2)11-9-6-5-7-10-11/h5-7,9-10,12H,3-4,8,14H2,1-2H3/t12-/m0/s1. The molecule has 0 aliphatic carbocycles. The molecule has 0 aliphatic heterocycles. The van der Waals surface area contributed by atoms with E-state index in [4.69, 9.17) is 5.73 Å². The van der Waals surface area contributed by atoms with Gasteiger partial charge >= 0.3 is 0 Å². The molecule has 0 aromatic heterocycles. The van der Waals surface area contributed by atoms with Crippen molar-refractivity contribution >= 4 is 11.6 Å². The molecule has 0 heterocycles. The summed E-state index contributed by atoms with van der Waals surface area (Å²) in [7, 11) is 0. The third-order valence-electron chi connectivity index (χ3n) is 2.57. The van der Waals surface area contributed by atoms with Gasteiger partial charge in [0.1, 0.15) is 0 Å². The Balaban J connectivity index is 2.79. The molecule has 0 aliphatic rings. The van der Waals surface area contributed by atoms with Gasteiger partial charge in [-0.1, -0.05) is 31.5 Å². The van der Waals surface area contributed by atoms with Gasteiger partial charge in [0.2, 0.25) is 5.91 Å². The maximum Gasteiger partial charge on any atom is 0.243 e. The Kier molecular flexibility index (Phi) is 4.99. The van der Waals surface area contributed by atoms with E-state index in [-0.39, 0.29) is 11.9 Å². The lowest BCUT2D eigenvalue weighted by molar-refractivity contribution is -0.119. The number of nitrogens with zero attached hydrogens (tertiary/aromatic N) is 1. The highest BCUT2D eigenvalue weighted by Gasteiger charge is 2.19. The highest BCUT2D eigenvalue weighted by Crippen LogP contribution is 2.14. The number of anilines is 1. The van der Waals surface area contributed by atoms with E-state index in [1.807, 2.05) is 44.2 Å². The number of carbonyl (C=O) groups is 1. The normalized spacial score (nSPS) is 12.2. The topological polar surface area (TPSA) is 46.3 Å². The van der Waals surface area contributed by atoms with Gasteiger partial charge in [0.25, 0.3) is 0 Å². The van der Waals surface area contributed by atoms with Gasteiger partial charge in [-0.25, -0.2) is 0 Å². The van der Waals surface area contributed by atoms with E-state index in [0.29, 0.717) is 6.54 Å². The van der Waals surface area contributed by atoms with Crippen molar-refractivity contribution in [1.82, 2.24) is 0 Å². The lowest BCUT2D eigenvalue weighted by Crippen LogP contribution is -2.43. The molecule has 0 radical (unpaired) electrons. The van der Waals surface area contributed by atoms with E-state index in [0.717, 1.165) is 18.5 Å². The summed E-state index contributed by atoms with van der Waals surface area (Å²) in [6, 6.07) is 9.27. The van der Waals surface area contributed by atoms with Crippen LogP contribution in [0.15, 0.2) is 30.3 Å². The Morgan fingerprint density at radius 2 is 1.94 bits per heavy atom. The minimum absolute atomic E-state index is 0.00977. The average molecular weight is 220 g/mol. The van der Waals surface area contributed by atoms with Crippen molar-refractivity contribution in [2.45, 2.75) is 32.7 Å². The second-order valence-electron chi connectivity index (χ2n) is 3.81. The SMILES string of the molecule is CCC[C@H](N)C(=O)N(CC)c1ccccc1. The lowest BCUT2D eigenvalue weighted by Gasteiger charge is -2.24. The summed E-state index contributed by atoms with van der Waals surface area (Å²) in [6.07, 6.45) is 1.67. The first-order valence-corrected chi connectivity index (χ1v) is 5.82. The molecule has 3 nitrogen and oxygen atoms in total. The Morgan fingerprint density at radius 1 is 1.31 bits per heavy atom. The quantitative estimate of drug-likeness (QED) is 0.826. The number of likely N-dealkylation sites (N-methyl/N-ethyl adjacent to an activating group) is 1. The van der Waals surface area contributed by atoms with Crippen LogP contribution >= 0.6 is 0 Å². The summed E-state index contributed by atoms with van der Waals surface area (Å²) >= 11 is 0. The third kappa shape index (κ3) is 3.07. The molecular weight excluding hydrogens is 200 g/mol. The molecule has 1 rings (SSSR count). The Morgan fingerprint density at radius 3 is 2.44 bits per heavy atom. The minimum atomic E-state index is -0.384. The predicted molar refractivity (Wildman–Crippen MR) is 67.4 cm³/mol. The molecule has 3 heteroatoms. The van der Waals surface area contributed by atoms with Crippen LogP contribution in [0.4, 0.5) is 5.69 Å². The van der Waals surface area contributed by atoms with Crippen LogP contribution in [0.2, 0.25) is 0 Å². The molecule has 0 saturated heterocycles. The van der Waals surface area contributed by atoms with Gasteiger partial charge in [0.05, 0.1) is 6.04 Å². The molecule has 0 fully saturated rings. The highest BCUT2D eigenvalue weighted by atomic mass is 16.2. The van der Waals surface area contributed by atoms with Crippen LogP contribution in [-0.2, 0) is 4.79 Å². The minimum Gasteiger partial charge on any atom is -0.320 e. The van der Waals surface area contributed by atoms with Gasteiger partial charge in [-0.2, -0.15) is 0 Å². The predicted octanol–water partition coefficient (Wildman–Crippen LogP) is 2.17. The summed E-state index contributed by atoms with van der Waals surface area (Å²) in [6.45, 7) is 4.65. The summed E-state index contributed by atoms with van der Waals surface area (Å²) in [5.41, 5.74) is 6.77. The first-order chi connectivity index (χ1) is 7.70. The molecule has 0 spiro atoms. The number of amides is 1. The fourth-order valence-corrected chi connectivity index (χ4v) is 1.71. The van der Waals surface area contributed by atoms with Crippen molar-refractivity contribution < 1.29 is 4.79 Å². The molecule has 0 bridgehead atoms. The fraction of sp³-hybridized carbons (Fsp3) is 0.462. The average Bonchev–Trinajstić information content (AvgIpc) is 2.31. The second kappa shape index (κ2) is 6.28. The van der Waals surface area contributed by atoms with Crippen molar-refractivity contribution in [3.05, 3.63) is 30.3 Å². The summed E-state index contributed by atoms with van der Waals surface area (Å²) in [5, 5.41) is 0. The van der Waals surface area contributed by atoms with Gasteiger partial charge in [-0.3, -0.25) is 4.79 Å². The van der Waals surface area contributed by atoms with Crippen molar-refractivity contribution in [2.24, 2.45) is 5.73 Å². The largest absolute Gasteiger partial charge is 0.320 e. The van der Waals surface area contributed by atoms with Gasteiger partial charge in [-0.15, -0.1) is 0 Å². The van der Waals surface area contributed by atoms with E-state index in [1.165, 1.54) is 0 Å². The zero-order chi connectivity index (χ0) is 12.0. The monoisotopic (exact) mass is 220 g/mol. The van der Waals surface area contributed by atoms with E-state index in [1.54, 1.807) is 4.90 Å². The molecule has 0 saturated carbocycles. The Labute approximate surface area is 97.2 Å². The smallest absolute Gasteiger partial charge is 0.243 e. The van der Waals surface area contributed by atoms with Crippen molar-refractivity contribution in [3.8, 4) is 0 Å². The van der Waals surface area contributed by atoms with E-state index in [9.17, 15) is 4.79 Å². The van der Waals surface area contributed by atoms with Crippen LogP contribution in [0.5, 0.6) is 0 Å². The third-order valence-corrected chi connectivity index (χ3v) is 2.57. The first kappa shape index (κ1) is 12.7. The second-order valence-corrected chi connectivity index (χ2v) is 3.81. The maximum atomic E-state index is 12.1. The zero-order valence-corrected chi connectivity index (χ0v) is 10.0. The van der Waals surface area contributed by atoms with E-state index < -0.39 is 0 Å². The summed E-state index contributed by atoms with van der Waals surface area (Å²) < 4.78 is 0. The zero-order valence-electron chi connectivity index (χ0n) is 10.0. The number of benzene rings is 1. The molecular formula is C13H20N2O. The molecule has 1 aromatic carbocycles. The molecule has 1 amide bonds. The van der Waals surface area contributed by atoms with Crippen molar-refractivity contribution in [3.63, 3.8) is 0 Å². The van der Waals surface area contributed by atoms with E-state index in [2.05, 4.69) is 0 Å². The number of hydrogen-bond acceptors (Lipinski definition) is 2. The summed E-state index contributed by atoms with van der Waals surface area (Å²) in [4.78, 5) is 13.8. The van der Waals surface area contributed by atoms with Gasteiger partial charge < -0.3 is 10.6 Å². The maximum absolute atomic E-state index is 12.1. The number of carbonyl (C=O) groups excluding carboxylic acids is 1.